The van der Waals surface area contributed by atoms with Crippen LogP contribution in [0.3, 0.4) is 0 Å². The number of ketones is 1. The molecule has 0 aliphatic carbocycles. The fraction of sp³-hybridized carbons (Fsp3) is 0.733. The Kier molecular flexibility index (Phi) is 7.42. The summed E-state index contributed by atoms with van der Waals surface area (Å²) in [6.45, 7) is 12.4. The Labute approximate surface area is 116 Å². The van der Waals surface area contributed by atoms with Crippen LogP contribution < -0.4 is 0 Å². The molecule has 0 spiro atoms. The Balaban J connectivity index is 0.00000154. The number of hydrogen-bond donors (Lipinski definition) is 0. The van der Waals surface area contributed by atoms with Gasteiger partial charge in [-0.25, -0.2) is 4.79 Å². The number of likely N-dealkylation sites (tertiary alicyclic amines) is 1. The molecule has 1 fully saturated rings. The van der Waals surface area contributed by atoms with E-state index in [9.17, 15) is 9.59 Å². The van der Waals surface area contributed by atoms with Gasteiger partial charge >= 0.3 is 6.09 Å². The molecule has 1 amide bonds. The molecule has 0 unspecified atom stereocenters. The summed E-state index contributed by atoms with van der Waals surface area (Å²) in [4.78, 5) is 24.4. The van der Waals surface area contributed by atoms with Crippen molar-refractivity contribution in [2.24, 2.45) is 0 Å². The van der Waals surface area contributed by atoms with Gasteiger partial charge in [-0.15, -0.1) is 0 Å². The molecule has 110 valence electrons. The molecule has 1 aliphatic rings. The molecular weight excluding hydrogens is 242 g/mol. The molecule has 1 saturated heterocycles. The molecule has 0 N–H and O–H groups in total. The molecule has 0 saturated carbocycles. The number of ether oxygens (including phenoxy) is 1. The van der Waals surface area contributed by atoms with Crippen LogP contribution in [0.15, 0.2) is 11.6 Å². The van der Waals surface area contributed by atoms with Crippen molar-refractivity contribution >= 4 is 11.9 Å². The number of amides is 1. The van der Waals surface area contributed by atoms with Gasteiger partial charge in [0.15, 0.2) is 5.78 Å². The van der Waals surface area contributed by atoms with Crippen LogP contribution in [0.1, 0.15) is 54.4 Å². The number of allylic oxidation sites excluding steroid dienone is 1. The second-order valence-electron chi connectivity index (χ2n) is 5.38. The third-order valence-corrected chi connectivity index (χ3v) is 2.46. The van der Waals surface area contributed by atoms with Gasteiger partial charge in [0, 0.05) is 13.1 Å². The van der Waals surface area contributed by atoms with Crippen LogP contribution in [0, 0.1) is 0 Å². The maximum Gasteiger partial charge on any atom is 0.410 e. The molecule has 1 rings (SSSR count). The average molecular weight is 269 g/mol. The van der Waals surface area contributed by atoms with E-state index in [0.29, 0.717) is 13.1 Å². The standard InChI is InChI=1S/C13H21NO3.C2H6/c1-10(15)9-11-5-7-14(8-6-11)12(16)17-13(2,3)4;1-2/h9H,5-8H2,1-4H3;1-2H3. The van der Waals surface area contributed by atoms with Crippen molar-refractivity contribution in [1.82, 2.24) is 4.90 Å². The number of nitrogens with zero attached hydrogens (tertiary/aromatic N) is 1. The second kappa shape index (κ2) is 7.97. The van der Waals surface area contributed by atoms with E-state index >= 15 is 0 Å². The maximum atomic E-state index is 11.8. The summed E-state index contributed by atoms with van der Waals surface area (Å²) in [5.41, 5.74) is 0.671. The minimum atomic E-state index is -0.452. The first kappa shape index (κ1) is 17.7. The highest BCUT2D eigenvalue weighted by Crippen LogP contribution is 2.18. The third-order valence-electron chi connectivity index (χ3n) is 2.46. The van der Waals surface area contributed by atoms with Crippen LogP contribution in [0.2, 0.25) is 0 Å². The third kappa shape index (κ3) is 7.65. The zero-order valence-corrected chi connectivity index (χ0v) is 13.1. The van der Waals surface area contributed by atoms with E-state index in [0.717, 1.165) is 18.4 Å². The monoisotopic (exact) mass is 269 g/mol. The Hall–Kier alpha value is -1.32. The van der Waals surface area contributed by atoms with Crippen LogP contribution in [0.5, 0.6) is 0 Å². The maximum absolute atomic E-state index is 11.8. The van der Waals surface area contributed by atoms with Gasteiger partial charge in [-0.2, -0.15) is 0 Å². The molecule has 19 heavy (non-hydrogen) atoms. The van der Waals surface area contributed by atoms with Gasteiger partial charge < -0.3 is 9.64 Å². The van der Waals surface area contributed by atoms with Crippen LogP contribution in [-0.4, -0.2) is 35.5 Å². The van der Waals surface area contributed by atoms with Crippen molar-refractivity contribution in [2.75, 3.05) is 13.1 Å². The Morgan fingerprint density at radius 2 is 1.63 bits per heavy atom. The molecule has 4 nitrogen and oxygen atoms in total. The van der Waals surface area contributed by atoms with Gasteiger partial charge in [0.2, 0.25) is 0 Å². The second-order valence-corrected chi connectivity index (χ2v) is 5.38. The van der Waals surface area contributed by atoms with Crippen LogP contribution in [0.25, 0.3) is 0 Å². The fourth-order valence-corrected chi connectivity index (χ4v) is 1.73. The van der Waals surface area contributed by atoms with Crippen molar-refractivity contribution in [1.29, 1.82) is 0 Å². The zero-order valence-electron chi connectivity index (χ0n) is 13.1. The molecule has 0 aromatic heterocycles. The molecule has 0 bridgehead atoms. The SMILES string of the molecule is CC.CC(=O)C=C1CCN(C(=O)OC(C)(C)C)CC1. The minimum absolute atomic E-state index is 0.0747. The predicted octanol–water partition coefficient (Wildman–Crippen LogP) is 3.56. The molecule has 1 aliphatic heterocycles. The van der Waals surface area contributed by atoms with Gasteiger partial charge in [0.25, 0.3) is 0 Å². The van der Waals surface area contributed by atoms with Gasteiger partial charge in [0.05, 0.1) is 0 Å². The predicted molar refractivity (Wildman–Crippen MR) is 77.2 cm³/mol. The zero-order chi connectivity index (χ0) is 15.1. The summed E-state index contributed by atoms with van der Waals surface area (Å²) in [5.74, 6) is 0.0747. The Bertz CT molecular complexity index is 330. The summed E-state index contributed by atoms with van der Waals surface area (Å²) in [7, 11) is 0. The van der Waals surface area contributed by atoms with Crippen LogP contribution in [-0.2, 0) is 9.53 Å². The molecule has 0 aromatic rings. The lowest BCUT2D eigenvalue weighted by Crippen LogP contribution is -2.40. The summed E-state index contributed by atoms with van der Waals surface area (Å²) in [6.07, 6.45) is 2.93. The molecule has 0 radical (unpaired) electrons. The summed E-state index contributed by atoms with van der Waals surface area (Å²) >= 11 is 0. The minimum Gasteiger partial charge on any atom is -0.444 e. The van der Waals surface area contributed by atoms with E-state index in [2.05, 4.69) is 0 Å². The highest BCUT2D eigenvalue weighted by molar-refractivity contribution is 5.88. The van der Waals surface area contributed by atoms with E-state index in [-0.39, 0.29) is 11.9 Å². The molecule has 4 heteroatoms. The van der Waals surface area contributed by atoms with E-state index in [1.807, 2.05) is 34.6 Å². The van der Waals surface area contributed by atoms with E-state index < -0.39 is 5.60 Å². The first-order chi connectivity index (χ1) is 8.78. The number of rotatable bonds is 1. The van der Waals surface area contributed by atoms with E-state index in [4.69, 9.17) is 4.74 Å². The highest BCUT2D eigenvalue weighted by atomic mass is 16.6. The summed E-state index contributed by atoms with van der Waals surface area (Å²) in [6, 6.07) is 0. The first-order valence-electron chi connectivity index (χ1n) is 6.96. The largest absolute Gasteiger partial charge is 0.444 e. The van der Waals surface area contributed by atoms with Crippen molar-refractivity contribution < 1.29 is 14.3 Å². The van der Waals surface area contributed by atoms with Crippen LogP contribution >= 0.6 is 0 Å². The molecular formula is C15H27NO3. The number of piperidine rings is 1. The molecule has 0 atom stereocenters. The number of carbonyl (C=O) groups is 2. The van der Waals surface area contributed by atoms with E-state index in [1.54, 1.807) is 17.9 Å². The highest BCUT2D eigenvalue weighted by Gasteiger charge is 2.24. The lowest BCUT2D eigenvalue weighted by atomic mass is 10.0. The lowest BCUT2D eigenvalue weighted by molar-refractivity contribution is -0.112. The number of hydrogen-bond acceptors (Lipinski definition) is 3. The van der Waals surface area contributed by atoms with E-state index in [1.165, 1.54) is 0 Å². The Morgan fingerprint density at radius 1 is 1.16 bits per heavy atom. The smallest absolute Gasteiger partial charge is 0.410 e. The summed E-state index contributed by atoms with van der Waals surface area (Å²) < 4.78 is 5.29. The van der Waals surface area contributed by atoms with Gasteiger partial charge in [-0.3, -0.25) is 4.79 Å². The van der Waals surface area contributed by atoms with Crippen molar-refractivity contribution in [3.05, 3.63) is 11.6 Å². The quantitative estimate of drug-likeness (QED) is 0.684. The summed E-state index contributed by atoms with van der Waals surface area (Å²) in [5, 5.41) is 0. The lowest BCUT2D eigenvalue weighted by Gasteiger charge is -2.30. The normalized spacial score (nSPS) is 15.3. The van der Waals surface area contributed by atoms with Gasteiger partial charge in [0.1, 0.15) is 5.60 Å². The fourth-order valence-electron chi connectivity index (χ4n) is 1.73. The van der Waals surface area contributed by atoms with Crippen molar-refractivity contribution in [3.63, 3.8) is 0 Å². The molecule has 0 aromatic carbocycles. The number of carbonyl (C=O) groups excluding carboxylic acids is 2. The van der Waals surface area contributed by atoms with Gasteiger partial charge in [-0.05, 0) is 46.6 Å². The average Bonchev–Trinajstić information content (AvgIpc) is 2.29. The van der Waals surface area contributed by atoms with Crippen LogP contribution in [0.4, 0.5) is 4.79 Å². The molecule has 1 heterocycles. The van der Waals surface area contributed by atoms with Crippen molar-refractivity contribution in [2.45, 2.75) is 60.0 Å². The van der Waals surface area contributed by atoms with Crippen molar-refractivity contribution in [3.8, 4) is 0 Å². The Morgan fingerprint density at radius 3 is 2.00 bits per heavy atom. The topological polar surface area (TPSA) is 46.6 Å². The van der Waals surface area contributed by atoms with Gasteiger partial charge in [-0.1, -0.05) is 19.4 Å². The first-order valence-corrected chi connectivity index (χ1v) is 6.96.